The van der Waals surface area contributed by atoms with Gasteiger partial charge in [0, 0.05) is 24.3 Å². The summed E-state index contributed by atoms with van der Waals surface area (Å²) in [5.74, 6) is -1.03. The molecule has 3 nitrogen and oxygen atoms in total. The van der Waals surface area contributed by atoms with Crippen molar-refractivity contribution in [3.8, 4) is 5.88 Å². The van der Waals surface area contributed by atoms with Crippen molar-refractivity contribution in [1.29, 1.82) is 0 Å². The Bertz CT molecular complexity index is 359. The van der Waals surface area contributed by atoms with Crippen LogP contribution in [0, 0.1) is 5.82 Å². The lowest BCUT2D eigenvalue weighted by Gasteiger charge is -2.09. The van der Waals surface area contributed by atoms with Crippen molar-refractivity contribution >= 4 is 0 Å². The van der Waals surface area contributed by atoms with E-state index in [9.17, 15) is 13.2 Å². The van der Waals surface area contributed by atoms with Gasteiger partial charge >= 0.3 is 0 Å². The van der Waals surface area contributed by atoms with Crippen molar-refractivity contribution in [2.45, 2.75) is 31.9 Å². The molecule has 1 fully saturated rings. The number of ether oxygens (including phenoxy) is 1. The molecule has 1 heterocycles. The van der Waals surface area contributed by atoms with Crippen LogP contribution in [0.4, 0.5) is 13.2 Å². The lowest BCUT2D eigenvalue weighted by atomic mass is 10.2. The van der Waals surface area contributed by atoms with E-state index in [0.717, 1.165) is 12.8 Å². The molecule has 0 unspecified atom stereocenters. The van der Waals surface area contributed by atoms with Gasteiger partial charge in [-0.05, 0) is 18.9 Å². The lowest BCUT2D eigenvalue weighted by Crippen LogP contribution is -2.17. The number of alkyl halides is 2. The second-order valence-electron chi connectivity index (χ2n) is 3.95. The standard InChI is InChI=1S/C11H13F3N2O/c12-9(13)6-17-11-10(14)7(3-4-15-11)5-16-8-1-2-8/h3-4,8-9,16H,1-2,5-6H2. The number of hydrogen-bond acceptors (Lipinski definition) is 3. The van der Waals surface area contributed by atoms with Crippen LogP contribution in [-0.4, -0.2) is 24.1 Å². The smallest absolute Gasteiger partial charge is 0.272 e. The minimum atomic E-state index is -2.63. The van der Waals surface area contributed by atoms with Gasteiger partial charge in [-0.15, -0.1) is 0 Å². The zero-order chi connectivity index (χ0) is 12.3. The van der Waals surface area contributed by atoms with Crippen LogP contribution in [0.1, 0.15) is 18.4 Å². The third-order valence-electron chi connectivity index (χ3n) is 2.44. The molecule has 0 saturated heterocycles. The van der Waals surface area contributed by atoms with Crippen LogP contribution >= 0.6 is 0 Å². The predicted molar refractivity (Wildman–Crippen MR) is 55.6 cm³/mol. The van der Waals surface area contributed by atoms with E-state index >= 15 is 0 Å². The van der Waals surface area contributed by atoms with E-state index in [1.165, 1.54) is 12.3 Å². The van der Waals surface area contributed by atoms with Gasteiger partial charge in [-0.3, -0.25) is 0 Å². The van der Waals surface area contributed by atoms with Crippen LogP contribution in [0.25, 0.3) is 0 Å². The molecule has 1 saturated carbocycles. The zero-order valence-electron chi connectivity index (χ0n) is 9.13. The summed E-state index contributed by atoms with van der Waals surface area (Å²) in [5, 5.41) is 3.13. The van der Waals surface area contributed by atoms with Gasteiger partial charge in [0.05, 0.1) is 0 Å². The van der Waals surface area contributed by atoms with Crippen LogP contribution in [0.2, 0.25) is 0 Å². The zero-order valence-corrected chi connectivity index (χ0v) is 9.13. The summed E-state index contributed by atoms with van der Waals surface area (Å²) in [6, 6.07) is 1.97. The van der Waals surface area contributed by atoms with Gasteiger partial charge in [0.2, 0.25) is 0 Å². The normalized spacial score (nSPS) is 15.3. The fraction of sp³-hybridized carbons (Fsp3) is 0.545. The first kappa shape index (κ1) is 12.2. The fourth-order valence-corrected chi connectivity index (χ4v) is 1.38. The highest BCUT2D eigenvalue weighted by Gasteiger charge is 2.21. The van der Waals surface area contributed by atoms with Gasteiger partial charge in [0.25, 0.3) is 12.3 Å². The molecule has 0 aliphatic heterocycles. The topological polar surface area (TPSA) is 34.2 Å². The molecule has 1 aromatic rings. The largest absolute Gasteiger partial charge is 0.470 e. The summed E-state index contributed by atoms with van der Waals surface area (Å²) in [6.45, 7) is -0.479. The molecule has 17 heavy (non-hydrogen) atoms. The third-order valence-corrected chi connectivity index (χ3v) is 2.44. The molecule has 1 aliphatic carbocycles. The second-order valence-corrected chi connectivity index (χ2v) is 3.95. The Morgan fingerprint density at radius 3 is 2.88 bits per heavy atom. The number of halogens is 3. The SMILES string of the molecule is Fc1c(CNC2CC2)ccnc1OCC(F)F. The monoisotopic (exact) mass is 246 g/mol. The Morgan fingerprint density at radius 1 is 1.47 bits per heavy atom. The van der Waals surface area contributed by atoms with Crippen LogP contribution in [0.3, 0.4) is 0 Å². The Hall–Kier alpha value is -1.30. The highest BCUT2D eigenvalue weighted by molar-refractivity contribution is 5.23. The summed E-state index contributed by atoms with van der Waals surface area (Å²) in [5.41, 5.74) is 0.385. The van der Waals surface area contributed by atoms with Crippen molar-refractivity contribution in [3.63, 3.8) is 0 Å². The molecule has 1 aliphatic rings. The molecule has 0 amide bonds. The number of hydrogen-bond donors (Lipinski definition) is 1. The molecular weight excluding hydrogens is 233 g/mol. The molecule has 94 valence electrons. The first-order chi connectivity index (χ1) is 8.16. The van der Waals surface area contributed by atoms with Crippen molar-refractivity contribution in [2.75, 3.05) is 6.61 Å². The van der Waals surface area contributed by atoms with E-state index in [1.54, 1.807) is 0 Å². The van der Waals surface area contributed by atoms with Gasteiger partial charge < -0.3 is 10.1 Å². The third kappa shape index (κ3) is 3.59. The first-order valence-corrected chi connectivity index (χ1v) is 5.44. The Morgan fingerprint density at radius 2 is 2.24 bits per heavy atom. The van der Waals surface area contributed by atoms with Crippen LogP contribution in [0.5, 0.6) is 5.88 Å². The predicted octanol–water partition coefficient (Wildman–Crippen LogP) is 2.12. The number of pyridine rings is 1. The summed E-state index contributed by atoms with van der Waals surface area (Å²) >= 11 is 0. The fourth-order valence-electron chi connectivity index (χ4n) is 1.38. The van der Waals surface area contributed by atoms with Crippen molar-refractivity contribution < 1.29 is 17.9 Å². The van der Waals surface area contributed by atoms with Gasteiger partial charge in [-0.1, -0.05) is 0 Å². The van der Waals surface area contributed by atoms with Gasteiger partial charge in [-0.25, -0.2) is 18.2 Å². The van der Waals surface area contributed by atoms with E-state index in [-0.39, 0.29) is 5.88 Å². The van der Waals surface area contributed by atoms with E-state index < -0.39 is 18.8 Å². The maximum atomic E-state index is 13.7. The molecule has 0 aromatic carbocycles. The number of rotatable bonds is 6. The highest BCUT2D eigenvalue weighted by atomic mass is 19.3. The van der Waals surface area contributed by atoms with Crippen molar-refractivity contribution in [3.05, 3.63) is 23.6 Å². The molecule has 0 radical (unpaired) electrons. The van der Waals surface area contributed by atoms with E-state index in [2.05, 4.69) is 15.0 Å². The van der Waals surface area contributed by atoms with Gasteiger partial charge in [0.1, 0.15) is 0 Å². The van der Waals surface area contributed by atoms with E-state index in [1.807, 2.05) is 0 Å². The molecular formula is C11H13F3N2O. The quantitative estimate of drug-likeness (QED) is 0.834. The van der Waals surface area contributed by atoms with E-state index in [4.69, 9.17) is 0 Å². The van der Waals surface area contributed by atoms with Crippen LogP contribution in [0.15, 0.2) is 12.3 Å². The van der Waals surface area contributed by atoms with Gasteiger partial charge in [0.15, 0.2) is 12.4 Å². The summed E-state index contributed by atoms with van der Waals surface area (Å²) in [6.07, 6.45) is 0.917. The maximum Gasteiger partial charge on any atom is 0.272 e. The molecule has 6 heteroatoms. The van der Waals surface area contributed by atoms with Crippen molar-refractivity contribution in [1.82, 2.24) is 10.3 Å². The lowest BCUT2D eigenvalue weighted by molar-refractivity contribution is 0.0772. The summed E-state index contributed by atoms with van der Waals surface area (Å²) in [7, 11) is 0. The first-order valence-electron chi connectivity index (χ1n) is 5.44. The molecule has 0 bridgehead atoms. The number of aromatic nitrogens is 1. The minimum Gasteiger partial charge on any atom is -0.470 e. The summed E-state index contributed by atoms with van der Waals surface area (Å²) in [4.78, 5) is 3.60. The van der Waals surface area contributed by atoms with Crippen LogP contribution in [-0.2, 0) is 6.54 Å². The number of nitrogens with one attached hydrogen (secondary N) is 1. The maximum absolute atomic E-state index is 13.7. The average Bonchev–Trinajstić information content (AvgIpc) is 3.10. The Kier molecular flexibility index (Phi) is 3.83. The molecule has 1 N–H and O–H groups in total. The minimum absolute atomic E-state index is 0.361. The molecule has 0 atom stereocenters. The molecule has 0 spiro atoms. The van der Waals surface area contributed by atoms with Crippen LogP contribution < -0.4 is 10.1 Å². The average molecular weight is 246 g/mol. The van der Waals surface area contributed by atoms with Gasteiger partial charge in [-0.2, -0.15) is 0 Å². The van der Waals surface area contributed by atoms with E-state index in [0.29, 0.717) is 18.2 Å². The summed E-state index contributed by atoms with van der Waals surface area (Å²) < 4.78 is 42.2. The molecule has 2 rings (SSSR count). The second kappa shape index (κ2) is 5.35. The van der Waals surface area contributed by atoms with Crippen molar-refractivity contribution in [2.24, 2.45) is 0 Å². The highest BCUT2D eigenvalue weighted by Crippen LogP contribution is 2.22. The number of nitrogens with zero attached hydrogens (tertiary/aromatic N) is 1. The molecule has 1 aromatic heterocycles. The Balaban J connectivity index is 1.97. The Labute approximate surface area is 97.0 Å².